The standard InChI is InChI=1S/C12H23NO/c1-11(2,3)9-7-14-8-13-10(9)12(4,5)6/h13H,7-8H2,1-6H3. The molecular formula is C12H23NO. The van der Waals surface area contributed by atoms with Gasteiger partial charge >= 0.3 is 0 Å². The molecule has 0 spiro atoms. The van der Waals surface area contributed by atoms with Crippen LogP contribution in [0.5, 0.6) is 0 Å². The Morgan fingerprint density at radius 1 is 1.00 bits per heavy atom. The molecule has 0 amide bonds. The Bertz CT molecular complexity index is 214. The van der Waals surface area contributed by atoms with Crippen molar-refractivity contribution in [3.63, 3.8) is 0 Å². The SMILES string of the molecule is CC(C)(C)C1=C(C(C)(C)C)NCOC1. The van der Waals surface area contributed by atoms with Crippen LogP contribution in [0, 0.1) is 10.8 Å². The summed E-state index contributed by atoms with van der Waals surface area (Å²) >= 11 is 0. The van der Waals surface area contributed by atoms with E-state index >= 15 is 0 Å². The first-order chi connectivity index (χ1) is 6.23. The van der Waals surface area contributed by atoms with E-state index in [9.17, 15) is 0 Å². The van der Waals surface area contributed by atoms with Crippen molar-refractivity contribution in [1.82, 2.24) is 5.32 Å². The molecule has 1 rings (SSSR count). The van der Waals surface area contributed by atoms with Gasteiger partial charge in [0.05, 0.1) is 6.61 Å². The van der Waals surface area contributed by atoms with Gasteiger partial charge in [0.2, 0.25) is 0 Å². The summed E-state index contributed by atoms with van der Waals surface area (Å²) in [6.07, 6.45) is 0. The highest BCUT2D eigenvalue weighted by Gasteiger charge is 2.29. The minimum atomic E-state index is 0.187. The average molecular weight is 197 g/mol. The largest absolute Gasteiger partial charge is 0.366 e. The van der Waals surface area contributed by atoms with Crippen molar-refractivity contribution in [2.24, 2.45) is 10.8 Å². The second-order valence-corrected chi connectivity index (χ2v) is 6.02. The van der Waals surface area contributed by atoms with E-state index in [2.05, 4.69) is 46.9 Å². The van der Waals surface area contributed by atoms with Gasteiger partial charge in [0, 0.05) is 11.1 Å². The minimum Gasteiger partial charge on any atom is -0.366 e. The Morgan fingerprint density at radius 2 is 1.57 bits per heavy atom. The van der Waals surface area contributed by atoms with Crippen molar-refractivity contribution in [3.8, 4) is 0 Å². The summed E-state index contributed by atoms with van der Waals surface area (Å²) in [6, 6.07) is 0. The van der Waals surface area contributed by atoms with Crippen molar-refractivity contribution < 1.29 is 4.74 Å². The highest BCUT2D eigenvalue weighted by atomic mass is 16.5. The van der Waals surface area contributed by atoms with Crippen LogP contribution in [0.3, 0.4) is 0 Å². The van der Waals surface area contributed by atoms with Crippen molar-refractivity contribution in [2.45, 2.75) is 41.5 Å². The van der Waals surface area contributed by atoms with Gasteiger partial charge in [0.1, 0.15) is 6.73 Å². The molecule has 1 heterocycles. The Labute approximate surface area is 87.7 Å². The Morgan fingerprint density at radius 3 is 1.93 bits per heavy atom. The zero-order chi connectivity index (χ0) is 11.0. The van der Waals surface area contributed by atoms with E-state index < -0.39 is 0 Å². The van der Waals surface area contributed by atoms with Crippen molar-refractivity contribution in [1.29, 1.82) is 0 Å². The molecular weight excluding hydrogens is 174 g/mol. The van der Waals surface area contributed by atoms with Gasteiger partial charge in [-0.05, 0) is 11.0 Å². The lowest BCUT2D eigenvalue weighted by Crippen LogP contribution is -2.37. The second kappa shape index (κ2) is 3.58. The molecule has 0 aromatic heterocycles. The summed E-state index contributed by atoms with van der Waals surface area (Å²) in [6.45, 7) is 14.9. The van der Waals surface area contributed by atoms with Gasteiger partial charge in [-0.15, -0.1) is 0 Å². The molecule has 0 radical (unpaired) electrons. The molecule has 82 valence electrons. The van der Waals surface area contributed by atoms with E-state index in [0.29, 0.717) is 6.73 Å². The van der Waals surface area contributed by atoms with Crippen LogP contribution in [0.2, 0.25) is 0 Å². The number of hydrogen-bond donors (Lipinski definition) is 1. The van der Waals surface area contributed by atoms with Gasteiger partial charge in [0.25, 0.3) is 0 Å². The first kappa shape index (κ1) is 11.6. The van der Waals surface area contributed by atoms with Crippen LogP contribution in [0.4, 0.5) is 0 Å². The minimum absolute atomic E-state index is 0.187. The van der Waals surface area contributed by atoms with Crippen LogP contribution in [0.1, 0.15) is 41.5 Å². The van der Waals surface area contributed by atoms with E-state index in [1.807, 2.05) is 0 Å². The first-order valence-electron chi connectivity index (χ1n) is 5.28. The molecule has 0 aliphatic carbocycles. The molecule has 1 N–H and O–H groups in total. The Hall–Kier alpha value is -0.500. The van der Waals surface area contributed by atoms with Crippen LogP contribution < -0.4 is 5.32 Å². The van der Waals surface area contributed by atoms with Gasteiger partial charge in [0.15, 0.2) is 0 Å². The van der Waals surface area contributed by atoms with Crippen LogP contribution in [-0.2, 0) is 4.74 Å². The fourth-order valence-corrected chi connectivity index (χ4v) is 1.76. The van der Waals surface area contributed by atoms with Gasteiger partial charge in [-0.1, -0.05) is 41.5 Å². The van der Waals surface area contributed by atoms with Crippen molar-refractivity contribution in [2.75, 3.05) is 13.3 Å². The maximum absolute atomic E-state index is 5.47. The van der Waals surface area contributed by atoms with Crippen LogP contribution >= 0.6 is 0 Å². The fourth-order valence-electron chi connectivity index (χ4n) is 1.76. The summed E-state index contributed by atoms with van der Waals surface area (Å²) in [7, 11) is 0. The molecule has 2 nitrogen and oxygen atoms in total. The second-order valence-electron chi connectivity index (χ2n) is 6.02. The zero-order valence-corrected chi connectivity index (χ0v) is 10.3. The van der Waals surface area contributed by atoms with Gasteiger partial charge in [-0.3, -0.25) is 0 Å². The lowest BCUT2D eigenvalue weighted by atomic mass is 9.78. The van der Waals surface area contributed by atoms with Crippen molar-refractivity contribution in [3.05, 3.63) is 11.3 Å². The Kier molecular flexibility index (Phi) is 2.96. The zero-order valence-electron chi connectivity index (χ0n) is 10.3. The third kappa shape index (κ3) is 2.50. The Balaban J connectivity index is 3.10. The summed E-state index contributed by atoms with van der Waals surface area (Å²) in [5.74, 6) is 0. The maximum atomic E-state index is 5.47. The first-order valence-corrected chi connectivity index (χ1v) is 5.28. The van der Waals surface area contributed by atoms with E-state index in [-0.39, 0.29) is 10.8 Å². The molecule has 0 atom stereocenters. The van der Waals surface area contributed by atoms with E-state index in [1.54, 1.807) is 0 Å². The lowest BCUT2D eigenvalue weighted by Gasteiger charge is -2.37. The summed E-state index contributed by atoms with van der Waals surface area (Å²) in [5, 5.41) is 3.37. The smallest absolute Gasteiger partial charge is 0.116 e. The molecule has 0 bridgehead atoms. The molecule has 0 saturated heterocycles. The third-order valence-corrected chi connectivity index (χ3v) is 2.55. The number of allylic oxidation sites excluding steroid dienone is 1. The highest BCUT2D eigenvalue weighted by molar-refractivity contribution is 5.25. The van der Waals surface area contributed by atoms with E-state index in [0.717, 1.165) is 6.61 Å². The molecule has 0 saturated carbocycles. The lowest BCUT2D eigenvalue weighted by molar-refractivity contribution is 0.105. The molecule has 1 aliphatic heterocycles. The van der Waals surface area contributed by atoms with Crippen molar-refractivity contribution >= 4 is 0 Å². The number of rotatable bonds is 0. The van der Waals surface area contributed by atoms with Crippen LogP contribution in [0.25, 0.3) is 0 Å². The molecule has 0 unspecified atom stereocenters. The molecule has 14 heavy (non-hydrogen) atoms. The number of hydrogen-bond acceptors (Lipinski definition) is 2. The maximum Gasteiger partial charge on any atom is 0.116 e. The third-order valence-electron chi connectivity index (χ3n) is 2.55. The molecule has 1 aliphatic rings. The molecule has 2 heteroatoms. The summed E-state index contributed by atoms with van der Waals surface area (Å²) in [4.78, 5) is 0. The van der Waals surface area contributed by atoms with E-state index in [1.165, 1.54) is 11.3 Å². The number of nitrogens with one attached hydrogen (secondary N) is 1. The molecule has 0 aromatic carbocycles. The summed E-state index contributed by atoms with van der Waals surface area (Å²) in [5.41, 5.74) is 3.13. The quantitative estimate of drug-likeness (QED) is 0.644. The highest BCUT2D eigenvalue weighted by Crippen LogP contribution is 2.36. The van der Waals surface area contributed by atoms with Gasteiger partial charge in [-0.2, -0.15) is 0 Å². The number of ether oxygens (including phenoxy) is 1. The van der Waals surface area contributed by atoms with Crippen LogP contribution in [-0.4, -0.2) is 13.3 Å². The van der Waals surface area contributed by atoms with Crippen LogP contribution in [0.15, 0.2) is 11.3 Å². The normalized spacial score (nSPS) is 19.6. The van der Waals surface area contributed by atoms with Gasteiger partial charge in [-0.25, -0.2) is 0 Å². The average Bonchev–Trinajstić information content (AvgIpc) is 2.01. The summed E-state index contributed by atoms with van der Waals surface area (Å²) < 4.78 is 5.47. The molecule has 0 fully saturated rings. The fraction of sp³-hybridized carbons (Fsp3) is 0.833. The van der Waals surface area contributed by atoms with E-state index in [4.69, 9.17) is 4.74 Å². The van der Waals surface area contributed by atoms with Gasteiger partial charge < -0.3 is 10.1 Å². The molecule has 0 aromatic rings. The monoisotopic (exact) mass is 197 g/mol. The topological polar surface area (TPSA) is 21.3 Å². The predicted octanol–water partition coefficient (Wildman–Crippen LogP) is 2.91. The predicted molar refractivity (Wildman–Crippen MR) is 59.9 cm³/mol.